The fourth-order valence-electron chi connectivity index (χ4n) is 3.15. The molecule has 0 aliphatic carbocycles. The van der Waals surface area contributed by atoms with E-state index >= 15 is 0 Å². The highest BCUT2D eigenvalue weighted by Gasteiger charge is 2.20. The molecule has 1 N–H and O–H groups in total. The van der Waals surface area contributed by atoms with Gasteiger partial charge in [-0.15, -0.1) is 0 Å². The van der Waals surface area contributed by atoms with Gasteiger partial charge < -0.3 is 5.32 Å². The van der Waals surface area contributed by atoms with Gasteiger partial charge in [-0.25, -0.2) is 0 Å². The number of pyridine rings is 1. The van der Waals surface area contributed by atoms with E-state index in [0.29, 0.717) is 18.3 Å². The number of benzene rings is 1. The number of aryl methyl sites for hydroxylation is 1. The molecule has 22 heavy (non-hydrogen) atoms. The van der Waals surface area contributed by atoms with Crippen LogP contribution < -0.4 is 5.32 Å². The van der Waals surface area contributed by atoms with Gasteiger partial charge in [-0.3, -0.25) is 9.78 Å². The van der Waals surface area contributed by atoms with Gasteiger partial charge >= 0.3 is 0 Å². The molecule has 1 aromatic heterocycles. The Kier molecular flexibility index (Phi) is 4.23. The third-order valence-electron chi connectivity index (χ3n) is 4.44. The van der Waals surface area contributed by atoms with Gasteiger partial charge in [0.05, 0.1) is 0 Å². The van der Waals surface area contributed by atoms with Crippen LogP contribution in [-0.2, 0) is 17.6 Å². The standard InChI is InChI=1S/C19H22N2O/c1-13(2)17(10-14-4-3-9-20-12-14)15-5-7-18-16(11-15)6-8-19(22)21-18/h3-5,7,9,11-13,17H,6,8,10H2,1-2H3,(H,21,22). The Morgan fingerprint density at radius 2 is 2.09 bits per heavy atom. The molecule has 1 amide bonds. The SMILES string of the molecule is CC(C)C(Cc1cccnc1)c1ccc2c(c1)CCC(=O)N2. The van der Waals surface area contributed by atoms with E-state index < -0.39 is 0 Å². The molecule has 0 fully saturated rings. The third-order valence-corrected chi connectivity index (χ3v) is 4.44. The lowest BCUT2D eigenvalue weighted by atomic mass is 9.82. The number of nitrogens with one attached hydrogen (secondary N) is 1. The van der Waals surface area contributed by atoms with Crippen molar-refractivity contribution in [2.24, 2.45) is 5.92 Å². The Bertz CT molecular complexity index is 664. The van der Waals surface area contributed by atoms with E-state index in [1.807, 2.05) is 18.5 Å². The van der Waals surface area contributed by atoms with Crippen LogP contribution in [0.25, 0.3) is 0 Å². The molecule has 2 aromatic rings. The Balaban J connectivity index is 1.87. The van der Waals surface area contributed by atoms with E-state index in [1.54, 1.807) is 0 Å². The Hall–Kier alpha value is -2.16. The molecule has 1 aliphatic rings. The van der Waals surface area contributed by atoms with Crippen LogP contribution in [0.3, 0.4) is 0 Å². The summed E-state index contributed by atoms with van der Waals surface area (Å²) in [6.45, 7) is 4.53. The van der Waals surface area contributed by atoms with Gasteiger partial charge in [0, 0.05) is 24.5 Å². The van der Waals surface area contributed by atoms with Gasteiger partial charge in [0.15, 0.2) is 0 Å². The summed E-state index contributed by atoms with van der Waals surface area (Å²) in [4.78, 5) is 15.7. The van der Waals surface area contributed by atoms with Crippen molar-refractivity contribution in [2.75, 3.05) is 5.32 Å². The third kappa shape index (κ3) is 3.19. The lowest BCUT2D eigenvalue weighted by molar-refractivity contribution is -0.116. The van der Waals surface area contributed by atoms with Crippen molar-refractivity contribution in [3.63, 3.8) is 0 Å². The highest BCUT2D eigenvalue weighted by Crippen LogP contribution is 2.32. The lowest BCUT2D eigenvalue weighted by Gasteiger charge is -2.24. The van der Waals surface area contributed by atoms with Gasteiger partial charge in [-0.1, -0.05) is 32.0 Å². The van der Waals surface area contributed by atoms with Crippen molar-refractivity contribution in [1.82, 2.24) is 4.98 Å². The topological polar surface area (TPSA) is 42.0 Å². The molecule has 3 nitrogen and oxygen atoms in total. The van der Waals surface area contributed by atoms with Crippen LogP contribution in [0.5, 0.6) is 0 Å². The number of carbonyl (C=O) groups excluding carboxylic acids is 1. The fraction of sp³-hybridized carbons (Fsp3) is 0.368. The zero-order valence-corrected chi connectivity index (χ0v) is 13.2. The minimum atomic E-state index is 0.121. The average molecular weight is 294 g/mol. The first-order valence-electron chi connectivity index (χ1n) is 7.95. The van der Waals surface area contributed by atoms with E-state index in [-0.39, 0.29) is 5.91 Å². The molecule has 0 radical (unpaired) electrons. The number of aromatic nitrogens is 1. The van der Waals surface area contributed by atoms with E-state index in [4.69, 9.17) is 0 Å². The number of anilines is 1. The molecule has 0 spiro atoms. The summed E-state index contributed by atoms with van der Waals surface area (Å²) >= 11 is 0. The smallest absolute Gasteiger partial charge is 0.224 e. The highest BCUT2D eigenvalue weighted by atomic mass is 16.1. The fourth-order valence-corrected chi connectivity index (χ4v) is 3.15. The summed E-state index contributed by atoms with van der Waals surface area (Å²) in [7, 11) is 0. The van der Waals surface area contributed by atoms with Crippen LogP contribution in [0.1, 0.15) is 42.9 Å². The monoisotopic (exact) mass is 294 g/mol. The quantitative estimate of drug-likeness (QED) is 0.927. The Morgan fingerprint density at radius 1 is 1.23 bits per heavy atom. The van der Waals surface area contributed by atoms with E-state index in [0.717, 1.165) is 18.5 Å². The second-order valence-corrected chi connectivity index (χ2v) is 6.38. The molecule has 0 saturated carbocycles. The molecule has 1 unspecified atom stereocenters. The number of rotatable bonds is 4. The largest absolute Gasteiger partial charge is 0.326 e. The molecule has 1 atom stereocenters. The van der Waals surface area contributed by atoms with Crippen molar-refractivity contribution < 1.29 is 4.79 Å². The minimum absolute atomic E-state index is 0.121. The van der Waals surface area contributed by atoms with Crippen LogP contribution in [-0.4, -0.2) is 10.9 Å². The van der Waals surface area contributed by atoms with Crippen molar-refractivity contribution in [2.45, 2.75) is 39.0 Å². The number of carbonyl (C=O) groups is 1. The van der Waals surface area contributed by atoms with Gasteiger partial charge in [0.25, 0.3) is 0 Å². The molecule has 3 heteroatoms. The maximum Gasteiger partial charge on any atom is 0.224 e. The van der Waals surface area contributed by atoms with Gasteiger partial charge in [0.1, 0.15) is 0 Å². The average Bonchev–Trinajstić information content (AvgIpc) is 2.53. The zero-order valence-electron chi connectivity index (χ0n) is 13.2. The molecular formula is C19H22N2O. The second-order valence-electron chi connectivity index (χ2n) is 6.38. The summed E-state index contributed by atoms with van der Waals surface area (Å²) in [6.07, 6.45) is 6.19. The van der Waals surface area contributed by atoms with E-state index in [2.05, 4.69) is 48.4 Å². The van der Waals surface area contributed by atoms with Crippen LogP contribution in [0.4, 0.5) is 5.69 Å². The molecule has 0 bridgehead atoms. The summed E-state index contributed by atoms with van der Waals surface area (Å²) in [6, 6.07) is 10.6. The number of amides is 1. The van der Waals surface area contributed by atoms with Crippen molar-refractivity contribution >= 4 is 11.6 Å². The molecule has 2 heterocycles. The summed E-state index contributed by atoms with van der Waals surface area (Å²) in [5.74, 6) is 1.14. The molecule has 1 aromatic carbocycles. The molecule has 0 saturated heterocycles. The summed E-state index contributed by atoms with van der Waals surface area (Å²) < 4.78 is 0. The van der Waals surface area contributed by atoms with E-state index in [1.165, 1.54) is 16.7 Å². The van der Waals surface area contributed by atoms with Crippen LogP contribution in [0, 0.1) is 5.92 Å². The van der Waals surface area contributed by atoms with Gasteiger partial charge in [-0.05, 0) is 53.5 Å². The maximum absolute atomic E-state index is 11.5. The number of hydrogen-bond acceptors (Lipinski definition) is 2. The predicted octanol–water partition coefficient (Wildman–Crippen LogP) is 3.95. The summed E-state index contributed by atoms with van der Waals surface area (Å²) in [5.41, 5.74) is 4.86. The van der Waals surface area contributed by atoms with Crippen molar-refractivity contribution in [3.8, 4) is 0 Å². The Morgan fingerprint density at radius 3 is 2.82 bits per heavy atom. The first-order valence-corrected chi connectivity index (χ1v) is 7.95. The maximum atomic E-state index is 11.5. The van der Waals surface area contributed by atoms with Gasteiger partial charge in [-0.2, -0.15) is 0 Å². The second kappa shape index (κ2) is 6.30. The zero-order chi connectivity index (χ0) is 15.5. The van der Waals surface area contributed by atoms with Crippen LogP contribution in [0.2, 0.25) is 0 Å². The summed E-state index contributed by atoms with van der Waals surface area (Å²) in [5, 5.41) is 2.96. The highest BCUT2D eigenvalue weighted by molar-refractivity contribution is 5.93. The normalized spacial score (nSPS) is 15.3. The van der Waals surface area contributed by atoms with Crippen molar-refractivity contribution in [1.29, 1.82) is 0 Å². The molecule has 1 aliphatic heterocycles. The van der Waals surface area contributed by atoms with Crippen LogP contribution >= 0.6 is 0 Å². The molecule has 3 rings (SSSR count). The lowest BCUT2D eigenvalue weighted by Crippen LogP contribution is -2.19. The first kappa shape index (κ1) is 14.8. The minimum Gasteiger partial charge on any atom is -0.326 e. The van der Waals surface area contributed by atoms with Crippen molar-refractivity contribution in [3.05, 3.63) is 59.4 Å². The molecular weight excluding hydrogens is 272 g/mol. The van der Waals surface area contributed by atoms with Crippen LogP contribution in [0.15, 0.2) is 42.7 Å². The van der Waals surface area contributed by atoms with E-state index in [9.17, 15) is 4.79 Å². The number of fused-ring (bicyclic) bond motifs is 1. The first-order chi connectivity index (χ1) is 10.6. The van der Waals surface area contributed by atoms with Gasteiger partial charge in [0.2, 0.25) is 5.91 Å². The molecule has 114 valence electrons. The number of nitrogens with zero attached hydrogens (tertiary/aromatic N) is 1. The number of hydrogen-bond donors (Lipinski definition) is 1. The predicted molar refractivity (Wildman–Crippen MR) is 88.9 cm³/mol. The Labute approximate surface area is 131 Å².